The Morgan fingerprint density at radius 2 is 1.74 bits per heavy atom. The van der Waals surface area contributed by atoms with Crippen LogP contribution < -0.4 is 10.1 Å². The molecule has 0 aliphatic heterocycles. The van der Waals surface area contributed by atoms with Crippen molar-refractivity contribution in [2.45, 2.75) is 58.7 Å². The van der Waals surface area contributed by atoms with Gasteiger partial charge in [0.1, 0.15) is 11.8 Å². The number of amides is 2. The van der Waals surface area contributed by atoms with Crippen LogP contribution in [0.5, 0.6) is 5.75 Å². The van der Waals surface area contributed by atoms with E-state index in [1.807, 2.05) is 32.0 Å². The smallest absolute Gasteiger partial charge is 0.242 e. The molecule has 2 atom stereocenters. The van der Waals surface area contributed by atoms with Gasteiger partial charge in [0.05, 0.1) is 6.61 Å². The molecular formula is C24H30Cl2N2O3. The van der Waals surface area contributed by atoms with E-state index in [4.69, 9.17) is 27.9 Å². The van der Waals surface area contributed by atoms with Crippen molar-refractivity contribution in [3.05, 3.63) is 64.1 Å². The number of ether oxygens (including phenoxy) is 1. The lowest BCUT2D eigenvalue weighted by atomic mass is 10.1. The standard InChI is InChI=1S/C24H30Cl2N2O3/c1-4-17(2)27-24(30)18(3)28(16-19-8-5-6-9-22(19)26)23(29)10-7-15-31-21-13-11-20(25)12-14-21/h5-6,8-9,11-14,17-18H,4,7,10,15-16H2,1-3H3,(H,27,30)/t17-,18+/m1/s1. The highest BCUT2D eigenvalue weighted by molar-refractivity contribution is 6.31. The lowest BCUT2D eigenvalue weighted by Crippen LogP contribution is -2.49. The molecule has 5 nitrogen and oxygen atoms in total. The molecule has 0 aliphatic carbocycles. The van der Waals surface area contributed by atoms with Crippen molar-refractivity contribution < 1.29 is 14.3 Å². The van der Waals surface area contributed by atoms with Crippen LogP contribution in [-0.2, 0) is 16.1 Å². The Bertz CT molecular complexity index is 858. The summed E-state index contributed by atoms with van der Waals surface area (Å²) in [6.07, 6.45) is 1.61. The zero-order valence-corrected chi connectivity index (χ0v) is 19.7. The van der Waals surface area contributed by atoms with E-state index in [0.29, 0.717) is 28.8 Å². The fraction of sp³-hybridized carbons (Fsp3) is 0.417. The molecule has 1 N–H and O–H groups in total. The van der Waals surface area contributed by atoms with Crippen LogP contribution in [0.15, 0.2) is 48.5 Å². The van der Waals surface area contributed by atoms with E-state index in [1.54, 1.807) is 42.2 Å². The van der Waals surface area contributed by atoms with E-state index in [0.717, 1.165) is 12.0 Å². The molecule has 2 rings (SSSR count). The third kappa shape index (κ3) is 8.08. The van der Waals surface area contributed by atoms with E-state index in [2.05, 4.69) is 5.32 Å². The number of hydrogen-bond acceptors (Lipinski definition) is 3. The number of hydrogen-bond donors (Lipinski definition) is 1. The molecule has 2 aromatic rings. The van der Waals surface area contributed by atoms with Gasteiger partial charge in [-0.15, -0.1) is 0 Å². The van der Waals surface area contributed by atoms with Crippen molar-refractivity contribution in [1.82, 2.24) is 10.2 Å². The predicted octanol–water partition coefficient (Wildman–Crippen LogP) is 5.48. The van der Waals surface area contributed by atoms with Crippen LogP contribution in [0.3, 0.4) is 0 Å². The number of benzene rings is 2. The number of rotatable bonds is 11. The second-order valence-electron chi connectivity index (χ2n) is 7.51. The highest BCUT2D eigenvalue weighted by atomic mass is 35.5. The predicted molar refractivity (Wildman–Crippen MR) is 126 cm³/mol. The van der Waals surface area contributed by atoms with Gasteiger partial charge >= 0.3 is 0 Å². The number of nitrogens with zero attached hydrogens (tertiary/aromatic N) is 1. The van der Waals surface area contributed by atoms with Gasteiger partial charge in [0.25, 0.3) is 0 Å². The van der Waals surface area contributed by atoms with E-state index in [1.165, 1.54) is 0 Å². The van der Waals surface area contributed by atoms with Crippen LogP contribution in [0.1, 0.15) is 45.6 Å². The second-order valence-corrected chi connectivity index (χ2v) is 8.36. The molecular weight excluding hydrogens is 435 g/mol. The Hall–Kier alpha value is -2.24. The van der Waals surface area contributed by atoms with Crippen molar-refractivity contribution in [3.8, 4) is 5.75 Å². The van der Waals surface area contributed by atoms with Crippen LogP contribution in [0, 0.1) is 0 Å². The van der Waals surface area contributed by atoms with Gasteiger partial charge in [-0.05, 0) is 62.6 Å². The Balaban J connectivity index is 2.01. The topological polar surface area (TPSA) is 58.6 Å². The molecule has 0 aromatic heterocycles. The molecule has 2 amide bonds. The van der Waals surface area contributed by atoms with Gasteiger partial charge in [-0.25, -0.2) is 0 Å². The van der Waals surface area contributed by atoms with Crippen LogP contribution >= 0.6 is 23.2 Å². The van der Waals surface area contributed by atoms with Gasteiger partial charge < -0.3 is 15.0 Å². The lowest BCUT2D eigenvalue weighted by Gasteiger charge is -2.30. The summed E-state index contributed by atoms with van der Waals surface area (Å²) in [5.74, 6) is 0.407. The highest BCUT2D eigenvalue weighted by Gasteiger charge is 2.27. The van der Waals surface area contributed by atoms with E-state index < -0.39 is 6.04 Å². The summed E-state index contributed by atoms with van der Waals surface area (Å²) in [6, 6.07) is 13.9. The van der Waals surface area contributed by atoms with Crippen molar-refractivity contribution >= 4 is 35.0 Å². The maximum atomic E-state index is 13.0. The first-order valence-electron chi connectivity index (χ1n) is 10.5. The number of halogens is 2. The lowest BCUT2D eigenvalue weighted by molar-refractivity contribution is -0.141. The van der Waals surface area contributed by atoms with E-state index in [-0.39, 0.29) is 30.8 Å². The molecule has 0 bridgehead atoms. The van der Waals surface area contributed by atoms with Gasteiger partial charge in [-0.3, -0.25) is 9.59 Å². The molecule has 0 fully saturated rings. The fourth-order valence-electron chi connectivity index (χ4n) is 2.95. The van der Waals surface area contributed by atoms with Gasteiger partial charge in [0.15, 0.2) is 0 Å². The summed E-state index contributed by atoms with van der Waals surface area (Å²) in [6.45, 7) is 6.35. The Morgan fingerprint density at radius 1 is 1.06 bits per heavy atom. The van der Waals surface area contributed by atoms with Gasteiger partial charge in [0, 0.05) is 29.1 Å². The molecule has 0 spiro atoms. The Morgan fingerprint density at radius 3 is 2.39 bits per heavy atom. The van der Waals surface area contributed by atoms with Crippen molar-refractivity contribution in [1.29, 1.82) is 0 Å². The average molecular weight is 465 g/mol. The largest absolute Gasteiger partial charge is 0.494 e. The summed E-state index contributed by atoms with van der Waals surface area (Å²) in [7, 11) is 0. The zero-order valence-electron chi connectivity index (χ0n) is 18.2. The van der Waals surface area contributed by atoms with Crippen LogP contribution in [0.25, 0.3) is 0 Å². The molecule has 31 heavy (non-hydrogen) atoms. The van der Waals surface area contributed by atoms with E-state index in [9.17, 15) is 9.59 Å². The molecule has 2 aromatic carbocycles. The molecule has 168 valence electrons. The molecule has 0 saturated carbocycles. The third-order valence-electron chi connectivity index (χ3n) is 5.08. The van der Waals surface area contributed by atoms with Gasteiger partial charge in [-0.2, -0.15) is 0 Å². The molecule has 0 aliphatic rings. The third-order valence-corrected chi connectivity index (χ3v) is 5.70. The van der Waals surface area contributed by atoms with E-state index >= 15 is 0 Å². The monoisotopic (exact) mass is 464 g/mol. The molecule has 0 saturated heterocycles. The maximum Gasteiger partial charge on any atom is 0.242 e. The van der Waals surface area contributed by atoms with Gasteiger partial charge in [0.2, 0.25) is 11.8 Å². The second kappa shape index (κ2) is 12.6. The zero-order chi connectivity index (χ0) is 22.8. The summed E-state index contributed by atoms with van der Waals surface area (Å²) in [5, 5.41) is 4.17. The summed E-state index contributed by atoms with van der Waals surface area (Å²) in [5.41, 5.74) is 0.804. The first kappa shape index (κ1) is 25.0. The number of nitrogens with one attached hydrogen (secondary N) is 1. The van der Waals surface area contributed by atoms with Crippen molar-refractivity contribution in [2.24, 2.45) is 0 Å². The van der Waals surface area contributed by atoms with Crippen molar-refractivity contribution in [2.75, 3.05) is 6.61 Å². The first-order valence-corrected chi connectivity index (χ1v) is 11.3. The summed E-state index contributed by atoms with van der Waals surface area (Å²) < 4.78 is 5.67. The Kier molecular flexibility index (Phi) is 10.2. The molecule has 0 unspecified atom stereocenters. The quantitative estimate of drug-likeness (QED) is 0.447. The van der Waals surface area contributed by atoms with Crippen molar-refractivity contribution in [3.63, 3.8) is 0 Å². The summed E-state index contributed by atoms with van der Waals surface area (Å²) >= 11 is 12.2. The highest BCUT2D eigenvalue weighted by Crippen LogP contribution is 2.20. The number of carbonyl (C=O) groups excluding carboxylic acids is 2. The van der Waals surface area contributed by atoms with Crippen LogP contribution in [0.2, 0.25) is 10.0 Å². The molecule has 0 radical (unpaired) electrons. The first-order chi connectivity index (χ1) is 14.8. The SMILES string of the molecule is CC[C@@H](C)NC(=O)[C@H](C)N(Cc1ccccc1Cl)C(=O)CCCOc1ccc(Cl)cc1. The van der Waals surface area contributed by atoms with Gasteiger partial charge in [-0.1, -0.05) is 48.3 Å². The Labute approximate surface area is 194 Å². The minimum absolute atomic E-state index is 0.0417. The molecule has 0 heterocycles. The van der Waals surface area contributed by atoms with Crippen LogP contribution in [0.4, 0.5) is 0 Å². The fourth-order valence-corrected chi connectivity index (χ4v) is 3.27. The minimum atomic E-state index is -0.616. The average Bonchev–Trinajstić information content (AvgIpc) is 2.76. The maximum absolute atomic E-state index is 13.0. The summed E-state index contributed by atoms with van der Waals surface area (Å²) in [4.78, 5) is 27.3. The normalized spacial score (nSPS) is 12.7. The minimum Gasteiger partial charge on any atom is -0.494 e. The van der Waals surface area contributed by atoms with Crippen LogP contribution in [-0.4, -0.2) is 35.4 Å². The number of carbonyl (C=O) groups is 2. The molecule has 7 heteroatoms.